The highest BCUT2D eigenvalue weighted by Gasteiger charge is 2.26. The summed E-state index contributed by atoms with van der Waals surface area (Å²) >= 11 is 0. The number of hydrogen-bond donors (Lipinski definition) is 1. The molecule has 0 atom stereocenters. The molecule has 0 spiro atoms. The summed E-state index contributed by atoms with van der Waals surface area (Å²) < 4.78 is 32.1. The number of hydrogen-bond acceptors (Lipinski definition) is 4. The smallest absolute Gasteiger partial charge is 0.255 e. The van der Waals surface area contributed by atoms with Crippen molar-refractivity contribution in [3.63, 3.8) is 0 Å². The van der Waals surface area contributed by atoms with Crippen LogP contribution in [0.15, 0.2) is 47.4 Å². The van der Waals surface area contributed by atoms with Gasteiger partial charge in [-0.3, -0.25) is 4.79 Å². The Balaban J connectivity index is 1.83. The molecule has 1 amide bonds. The van der Waals surface area contributed by atoms with E-state index < -0.39 is 10.0 Å². The summed E-state index contributed by atoms with van der Waals surface area (Å²) in [5.74, 6) is -0.257. The number of nitrogens with one attached hydrogen (secondary N) is 1. The van der Waals surface area contributed by atoms with Gasteiger partial charge in [0.1, 0.15) is 0 Å². The molecular formula is C19H22N2O4S. The number of rotatable bonds is 4. The number of anilines is 1. The molecule has 1 aliphatic rings. The second kappa shape index (κ2) is 7.57. The van der Waals surface area contributed by atoms with Gasteiger partial charge in [-0.15, -0.1) is 0 Å². The van der Waals surface area contributed by atoms with Crippen LogP contribution in [0, 0.1) is 13.8 Å². The van der Waals surface area contributed by atoms with Crippen molar-refractivity contribution in [1.29, 1.82) is 0 Å². The van der Waals surface area contributed by atoms with Gasteiger partial charge < -0.3 is 10.1 Å². The zero-order valence-electron chi connectivity index (χ0n) is 14.9. The van der Waals surface area contributed by atoms with Crippen molar-refractivity contribution in [1.82, 2.24) is 4.31 Å². The lowest BCUT2D eigenvalue weighted by atomic mass is 10.0. The van der Waals surface area contributed by atoms with E-state index >= 15 is 0 Å². The molecule has 0 radical (unpaired) electrons. The Hall–Kier alpha value is -2.22. The van der Waals surface area contributed by atoms with E-state index in [0.29, 0.717) is 37.6 Å². The molecule has 2 aromatic carbocycles. The zero-order valence-corrected chi connectivity index (χ0v) is 15.7. The van der Waals surface area contributed by atoms with Crippen molar-refractivity contribution in [2.75, 3.05) is 31.6 Å². The molecular weight excluding hydrogens is 352 g/mol. The molecule has 1 N–H and O–H groups in total. The van der Waals surface area contributed by atoms with Gasteiger partial charge in [0.15, 0.2) is 0 Å². The Labute approximate surface area is 153 Å². The van der Waals surface area contributed by atoms with E-state index in [0.717, 1.165) is 11.1 Å². The molecule has 2 aromatic rings. The van der Waals surface area contributed by atoms with Crippen LogP contribution < -0.4 is 5.32 Å². The van der Waals surface area contributed by atoms with Crippen LogP contribution in [-0.2, 0) is 14.8 Å². The van der Waals surface area contributed by atoms with Gasteiger partial charge in [0, 0.05) is 24.3 Å². The number of morpholine rings is 1. The molecule has 0 saturated carbocycles. The van der Waals surface area contributed by atoms with E-state index in [9.17, 15) is 13.2 Å². The van der Waals surface area contributed by atoms with Crippen LogP contribution in [0.3, 0.4) is 0 Å². The third kappa shape index (κ3) is 3.80. The van der Waals surface area contributed by atoms with E-state index in [2.05, 4.69) is 5.32 Å². The van der Waals surface area contributed by atoms with Crippen molar-refractivity contribution < 1.29 is 17.9 Å². The van der Waals surface area contributed by atoms with Crippen molar-refractivity contribution in [3.05, 3.63) is 59.2 Å². The summed E-state index contributed by atoms with van der Waals surface area (Å²) in [6.45, 7) is 5.29. The van der Waals surface area contributed by atoms with Gasteiger partial charge in [0.25, 0.3) is 5.91 Å². The predicted octanol–water partition coefficient (Wildman–Crippen LogP) is 2.58. The molecule has 0 unspecified atom stereocenters. The second-order valence-electron chi connectivity index (χ2n) is 6.25. The first-order valence-electron chi connectivity index (χ1n) is 8.45. The molecule has 6 nitrogen and oxygen atoms in total. The quantitative estimate of drug-likeness (QED) is 0.892. The van der Waals surface area contributed by atoms with Crippen LogP contribution in [0.1, 0.15) is 21.5 Å². The molecule has 26 heavy (non-hydrogen) atoms. The second-order valence-corrected chi connectivity index (χ2v) is 8.18. The SMILES string of the molecule is Cc1cccc(C(=O)Nc2cccc(S(=O)(=O)N3CCOCC3)c2)c1C. The zero-order chi connectivity index (χ0) is 18.7. The highest BCUT2D eigenvalue weighted by atomic mass is 32.2. The van der Waals surface area contributed by atoms with Gasteiger partial charge in [-0.05, 0) is 49.2 Å². The van der Waals surface area contributed by atoms with Crippen LogP contribution in [-0.4, -0.2) is 44.9 Å². The van der Waals surface area contributed by atoms with Crippen molar-refractivity contribution >= 4 is 21.6 Å². The molecule has 1 aliphatic heterocycles. The van der Waals surface area contributed by atoms with Gasteiger partial charge in [0.05, 0.1) is 18.1 Å². The Morgan fingerprint density at radius 2 is 1.77 bits per heavy atom. The normalized spacial score (nSPS) is 15.6. The van der Waals surface area contributed by atoms with E-state index in [1.807, 2.05) is 26.0 Å². The average molecular weight is 374 g/mol. The third-order valence-electron chi connectivity index (χ3n) is 4.55. The molecule has 0 bridgehead atoms. The largest absolute Gasteiger partial charge is 0.379 e. The van der Waals surface area contributed by atoms with Crippen LogP contribution >= 0.6 is 0 Å². The van der Waals surface area contributed by atoms with Gasteiger partial charge in [-0.25, -0.2) is 8.42 Å². The maximum Gasteiger partial charge on any atom is 0.255 e. The van der Waals surface area contributed by atoms with Crippen molar-refractivity contribution in [2.24, 2.45) is 0 Å². The minimum Gasteiger partial charge on any atom is -0.379 e. The lowest BCUT2D eigenvalue weighted by Gasteiger charge is -2.26. The first kappa shape index (κ1) is 18.6. The van der Waals surface area contributed by atoms with Crippen molar-refractivity contribution in [3.8, 4) is 0 Å². The summed E-state index contributed by atoms with van der Waals surface area (Å²) in [7, 11) is -3.60. The minimum atomic E-state index is -3.60. The topological polar surface area (TPSA) is 75.7 Å². The Bertz CT molecular complexity index is 919. The fraction of sp³-hybridized carbons (Fsp3) is 0.316. The standard InChI is InChI=1S/C19H22N2O4S/c1-14-5-3-8-18(15(14)2)19(22)20-16-6-4-7-17(13-16)26(23,24)21-9-11-25-12-10-21/h3-8,13H,9-12H2,1-2H3,(H,20,22). The summed E-state index contributed by atoms with van der Waals surface area (Å²) in [5.41, 5.74) is 2.96. The minimum absolute atomic E-state index is 0.165. The number of ether oxygens (including phenoxy) is 1. The molecule has 0 aromatic heterocycles. The van der Waals surface area contributed by atoms with Crippen LogP contribution in [0.25, 0.3) is 0 Å². The summed E-state index contributed by atoms with van der Waals surface area (Å²) in [6.07, 6.45) is 0. The molecule has 0 aliphatic carbocycles. The van der Waals surface area contributed by atoms with E-state index in [1.54, 1.807) is 24.3 Å². The van der Waals surface area contributed by atoms with E-state index in [-0.39, 0.29) is 10.8 Å². The summed E-state index contributed by atoms with van der Waals surface area (Å²) in [6, 6.07) is 11.9. The fourth-order valence-corrected chi connectivity index (χ4v) is 4.32. The Morgan fingerprint density at radius 1 is 1.08 bits per heavy atom. The van der Waals surface area contributed by atoms with E-state index in [1.165, 1.54) is 10.4 Å². The van der Waals surface area contributed by atoms with Crippen LogP contribution in [0.5, 0.6) is 0 Å². The number of aryl methyl sites for hydroxylation is 1. The lowest BCUT2D eigenvalue weighted by molar-refractivity contribution is 0.0730. The molecule has 1 heterocycles. The summed E-state index contributed by atoms with van der Waals surface area (Å²) in [4.78, 5) is 12.7. The van der Waals surface area contributed by atoms with Crippen molar-refractivity contribution in [2.45, 2.75) is 18.7 Å². The fourth-order valence-electron chi connectivity index (χ4n) is 2.87. The number of sulfonamides is 1. The average Bonchev–Trinajstić information content (AvgIpc) is 2.65. The first-order valence-corrected chi connectivity index (χ1v) is 9.89. The van der Waals surface area contributed by atoms with Gasteiger partial charge in [0.2, 0.25) is 10.0 Å². The maximum atomic E-state index is 12.8. The van der Waals surface area contributed by atoms with Gasteiger partial charge >= 0.3 is 0 Å². The first-order chi connectivity index (χ1) is 12.4. The number of benzene rings is 2. The molecule has 1 fully saturated rings. The monoisotopic (exact) mass is 374 g/mol. The number of amides is 1. The van der Waals surface area contributed by atoms with Gasteiger partial charge in [-0.1, -0.05) is 18.2 Å². The molecule has 3 rings (SSSR count). The van der Waals surface area contributed by atoms with E-state index in [4.69, 9.17) is 4.74 Å². The lowest BCUT2D eigenvalue weighted by Crippen LogP contribution is -2.40. The summed E-state index contributed by atoms with van der Waals surface area (Å²) in [5, 5.41) is 2.80. The molecule has 138 valence electrons. The molecule has 7 heteroatoms. The third-order valence-corrected chi connectivity index (χ3v) is 6.44. The predicted molar refractivity (Wildman–Crippen MR) is 99.9 cm³/mol. The number of nitrogens with zero attached hydrogens (tertiary/aromatic N) is 1. The number of carbonyl (C=O) groups excluding carboxylic acids is 1. The Kier molecular flexibility index (Phi) is 5.41. The van der Waals surface area contributed by atoms with Crippen LogP contribution in [0.2, 0.25) is 0 Å². The highest BCUT2D eigenvalue weighted by molar-refractivity contribution is 7.89. The van der Waals surface area contributed by atoms with Crippen LogP contribution in [0.4, 0.5) is 5.69 Å². The van der Waals surface area contributed by atoms with Gasteiger partial charge in [-0.2, -0.15) is 4.31 Å². The number of carbonyl (C=O) groups is 1. The molecule has 1 saturated heterocycles. The maximum absolute atomic E-state index is 12.8. The Morgan fingerprint density at radius 3 is 2.50 bits per heavy atom. The highest BCUT2D eigenvalue weighted by Crippen LogP contribution is 2.22.